The van der Waals surface area contributed by atoms with Crippen LogP contribution in [0.15, 0.2) is 60.9 Å². The van der Waals surface area contributed by atoms with Crippen LogP contribution in [0.1, 0.15) is 47.2 Å². The topological polar surface area (TPSA) is 65.7 Å². The minimum atomic E-state index is -4.42. The molecule has 1 unspecified atom stereocenters. The Morgan fingerprint density at radius 3 is 2.57 bits per heavy atom. The number of aromatic nitrogens is 5. The predicted octanol–water partition coefficient (Wildman–Crippen LogP) is 5.86. The standard InChI is InChI=1S/C26H22F3N5O/c1-35-25-19(17-12-14-30-15-13-17)10-8-18(31-25)9-11-23-32-24-21(6-4-16-34(24)33-23)20-5-2-3-7-22(20)26(27,28)29/h2-3,5,7-15,21H,4,6,16H2,1H3/b11-9+. The first-order valence-electron chi connectivity index (χ1n) is 11.2. The molecule has 178 valence electrons. The summed E-state index contributed by atoms with van der Waals surface area (Å²) in [6.07, 6.45) is 3.78. The Hall–Kier alpha value is -4.01. The van der Waals surface area contributed by atoms with Crippen LogP contribution in [0.5, 0.6) is 5.88 Å². The van der Waals surface area contributed by atoms with E-state index in [9.17, 15) is 13.2 Å². The number of alkyl halides is 3. The molecule has 9 heteroatoms. The molecule has 0 radical (unpaired) electrons. The molecule has 0 saturated heterocycles. The first kappa shape index (κ1) is 22.8. The van der Waals surface area contributed by atoms with Crippen molar-refractivity contribution in [1.29, 1.82) is 0 Å². The molecule has 0 amide bonds. The van der Waals surface area contributed by atoms with E-state index in [-0.39, 0.29) is 5.56 Å². The molecule has 0 bridgehead atoms. The number of ether oxygens (including phenoxy) is 1. The highest BCUT2D eigenvalue weighted by molar-refractivity contribution is 5.71. The number of pyridine rings is 2. The first-order valence-corrected chi connectivity index (χ1v) is 11.2. The van der Waals surface area contributed by atoms with E-state index in [4.69, 9.17) is 4.74 Å². The summed E-state index contributed by atoms with van der Waals surface area (Å²) in [4.78, 5) is 13.2. The molecule has 4 aromatic rings. The maximum absolute atomic E-state index is 13.6. The third-order valence-corrected chi connectivity index (χ3v) is 6.00. The molecular weight excluding hydrogens is 455 g/mol. The van der Waals surface area contributed by atoms with Gasteiger partial charge < -0.3 is 4.74 Å². The molecule has 35 heavy (non-hydrogen) atoms. The summed E-state index contributed by atoms with van der Waals surface area (Å²) >= 11 is 0. The Balaban J connectivity index is 1.43. The van der Waals surface area contributed by atoms with Crippen LogP contribution >= 0.6 is 0 Å². The molecule has 1 aliphatic heterocycles. The van der Waals surface area contributed by atoms with Crippen LogP contribution in [-0.2, 0) is 12.7 Å². The van der Waals surface area contributed by atoms with Gasteiger partial charge in [0.1, 0.15) is 5.82 Å². The van der Waals surface area contributed by atoms with E-state index in [0.29, 0.717) is 36.2 Å². The van der Waals surface area contributed by atoms with Gasteiger partial charge in [-0.15, -0.1) is 0 Å². The maximum Gasteiger partial charge on any atom is 0.416 e. The number of hydrogen-bond acceptors (Lipinski definition) is 5. The minimum Gasteiger partial charge on any atom is -0.481 e. The smallest absolute Gasteiger partial charge is 0.416 e. The molecule has 1 atom stereocenters. The lowest BCUT2D eigenvalue weighted by Crippen LogP contribution is -2.21. The molecule has 5 rings (SSSR count). The van der Waals surface area contributed by atoms with E-state index >= 15 is 0 Å². The van der Waals surface area contributed by atoms with Crippen molar-refractivity contribution in [2.45, 2.75) is 31.5 Å². The third-order valence-electron chi connectivity index (χ3n) is 6.00. The van der Waals surface area contributed by atoms with Gasteiger partial charge in [0.25, 0.3) is 0 Å². The second kappa shape index (κ2) is 9.32. The molecule has 0 saturated carbocycles. The highest BCUT2D eigenvalue weighted by atomic mass is 19.4. The van der Waals surface area contributed by atoms with Crippen molar-refractivity contribution in [2.75, 3.05) is 7.11 Å². The molecule has 0 aliphatic carbocycles. The second-order valence-electron chi connectivity index (χ2n) is 8.19. The molecule has 1 aliphatic rings. The highest BCUT2D eigenvalue weighted by Crippen LogP contribution is 2.40. The lowest BCUT2D eigenvalue weighted by Gasteiger charge is -2.25. The van der Waals surface area contributed by atoms with Gasteiger partial charge in [-0.05, 0) is 66.5 Å². The Kier molecular flexibility index (Phi) is 6.07. The van der Waals surface area contributed by atoms with Crippen molar-refractivity contribution in [1.82, 2.24) is 24.7 Å². The van der Waals surface area contributed by atoms with E-state index in [1.165, 1.54) is 12.1 Å². The van der Waals surface area contributed by atoms with Crippen molar-refractivity contribution < 1.29 is 17.9 Å². The van der Waals surface area contributed by atoms with Crippen LogP contribution in [0.2, 0.25) is 0 Å². The average Bonchev–Trinajstić information content (AvgIpc) is 3.30. The molecule has 1 aromatic carbocycles. The Labute approximate surface area is 200 Å². The van der Waals surface area contributed by atoms with Crippen molar-refractivity contribution in [3.05, 3.63) is 89.4 Å². The summed E-state index contributed by atoms with van der Waals surface area (Å²) in [5, 5.41) is 4.51. The molecule has 0 spiro atoms. The second-order valence-corrected chi connectivity index (χ2v) is 8.19. The quantitative estimate of drug-likeness (QED) is 0.360. The lowest BCUT2D eigenvalue weighted by atomic mass is 9.88. The van der Waals surface area contributed by atoms with Crippen molar-refractivity contribution in [2.24, 2.45) is 0 Å². The summed E-state index contributed by atoms with van der Waals surface area (Å²) in [5.74, 6) is 0.981. The number of halogens is 3. The van der Waals surface area contributed by atoms with Crippen LogP contribution in [0.4, 0.5) is 13.2 Å². The minimum absolute atomic E-state index is 0.238. The predicted molar refractivity (Wildman–Crippen MR) is 125 cm³/mol. The Bertz CT molecular complexity index is 1370. The van der Waals surface area contributed by atoms with Gasteiger partial charge in [-0.1, -0.05) is 18.2 Å². The van der Waals surface area contributed by atoms with Crippen LogP contribution in [-0.4, -0.2) is 31.8 Å². The Morgan fingerprint density at radius 1 is 1.00 bits per heavy atom. The fraction of sp³-hybridized carbons (Fsp3) is 0.231. The van der Waals surface area contributed by atoms with Gasteiger partial charge >= 0.3 is 6.18 Å². The zero-order valence-electron chi connectivity index (χ0n) is 18.9. The monoisotopic (exact) mass is 477 g/mol. The van der Waals surface area contributed by atoms with E-state index in [1.54, 1.807) is 42.4 Å². The highest BCUT2D eigenvalue weighted by Gasteiger charge is 2.37. The lowest BCUT2D eigenvalue weighted by molar-refractivity contribution is -0.138. The van der Waals surface area contributed by atoms with E-state index < -0.39 is 17.7 Å². The van der Waals surface area contributed by atoms with Crippen molar-refractivity contribution in [3.8, 4) is 17.0 Å². The van der Waals surface area contributed by atoms with Crippen molar-refractivity contribution in [3.63, 3.8) is 0 Å². The molecule has 0 fully saturated rings. The van der Waals surface area contributed by atoms with Gasteiger partial charge in [-0.3, -0.25) is 4.98 Å². The number of nitrogens with zero attached hydrogens (tertiary/aromatic N) is 5. The summed E-state index contributed by atoms with van der Waals surface area (Å²) in [6, 6.07) is 13.2. The number of hydrogen-bond donors (Lipinski definition) is 0. The SMILES string of the molecule is COc1nc(/C=C/c2nc3n(n2)CCCC3c2ccccc2C(F)(F)F)ccc1-c1ccncc1. The van der Waals surface area contributed by atoms with E-state index in [2.05, 4.69) is 20.1 Å². The van der Waals surface area contributed by atoms with Gasteiger partial charge in [0.15, 0.2) is 5.82 Å². The summed E-state index contributed by atoms with van der Waals surface area (Å²) in [5.41, 5.74) is 2.04. The van der Waals surface area contributed by atoms with Crippen molar-refractivity contribution >= 4 is 12.2 Å². The van der Waals surface area contributed by atoms with Crippen LogP contribution in [0.25, 0.3) is 23.3 Å². The molecule has 0 N–H and O–H groups in total. The van der Waals surface area contributed by atoms with E-state index in [0.717, 1.165) is 23.6 Å². The average molecular weight is 477 g/mol. The van der Waals surface area contributed by atoms with Gasteiger partial charge in [-0.25, -0.2) is 14.6 Å². The largest absolute Gasteiger partial charge is 0.481 e. The zero-order valence-corrected chi connectivity index (χ0v) is 18.9. The fourth-order valence-electron chi connectivity index (χ4n) is 4.41. The molecule has 6 nitrogen and oxygen atoms in total. The normalized spacial score (nSPS) is 15.8. The summed E-state index contributed by atoms with van der Waals surface area (Å²) in [6.45, 7) is 0.619. The summed E-state index contributed by atoms with van der Waals surface area (Å²) in [7, 11) is 1.56. The number of rotatable bonds is 5. The maximum atomic E-state index is 13.6. The van der Waals surface area contributed by atoms with Gasteiger partial charge in [-0.2, -0.15) is 18.3 Å². The summed E-state index contributed by atoms with van der Waals surface area (Å²) < 4.78 is 48.0. The molecular formula is C26H22F3N5O. The number of fused-ring (bicyclic) bond motifs is 1. The van der Waals surface area contributed by atoms with E-state index in [1.807, 2.05) is 24.3 Å². The zero-order chi connectivity index (χ0) is 24.4. The third kappa shape index (κ3) is 4.66. The van der Waals surface area contributed by atoms with Gasteiger partial charge in [0, 0.05) is 30.4 Å². The van der Waals surface area contributed by atoms with Gasteiger partial charge in [0.2, 0.25) is 5.88 Å². The van der Waals surface area contributed by atoms with Gasteiger partial charge in [0.05, 0.1) is 18.4 Å². The van der Waals surface area contributed by atoms with Crippen LogP contribution in [0, 0.1) is 0 Å². The Morgan fingerprint density at radius 2 is 1.80 bits per heavy atom. The number of benzene rings is 1. The van der Waals surface area contributed by atoms with Crippen LogP contribution < -0.4 is 4.74 Å². The molecule has 3 aromatic heterocycles. The number of aryl methyl sites for hydroxylation is 1. The fourth-order valence-corrected chi connectivity index (χ4v) is 4.41. The molecule has 4 heterocycles. The van der Waals surface area contributed by atoms with Crippen LogP contribution in [0.3, 0.4) is 0 Å². The first-order chi connectivity index (χ1) is 16.9. The number of methoxy groups -OCH3 is 1.